The Labute approximate surface area is 479 Å². The molecule has 0 aliphatic carbocycles. The number of alkyl halides is 1. The van der Waals surface area contributed by atoms with E-state index in [1.165, 1.54) is 90.6 Å². The number of benzene rings is 4. The molecule has 0 amide bonds. The van der Waals surface area contributed by atoms with Gasteiger partial charge in [0.05, 0.1) is 92.7 Å². The fraction of sp³-hybridized carbons (Fsp3) is 0.500. The number of carboxylic acid groups (broad SMARTS) is 1. The van der Waals surface area contributed by atoms with Crippen LogP contribution in [0, 0.1) is 0 Å². The lowest BCUT2D eigenvalue weighted by Gasteiger charge is -2.11. The van der Waals surface area contributed by atoms with Gasteiger partial charge in [0.2, 0.25) is 0 Å². The number of Topliss-reactive ketones (excluding diaryl/α,β-unsaturated/α-hetero) is 2. The van der Waals surface area contributed by atoms with Gasteiger partial charge in [0.15, 0.2) is 29.7 Å². The van der Waals surface area contributed by atoms with Crippen LogP contribution in [0.25, 0.3) is 0 Å². The minimum atomic E-state index is -1.16. The van der Waals surface area contributed by atoms with Gasteiger partial charge in [-0.25, -0.2) is 9.59 Å². The molecule has 4 aromatic carbocycles. The number of methoxy groups -OCH3 is 2. The number of aromatic carboxylic acids is 1. The Hall–Kier alpha value is -4.02. The summed E-state index contributed by atoms with van der Waals surface area (Å²) in [6, 6.07) is 19.6. The number of unbranched alkanes of at least 4 members (excludes halogenated alkanes) is 2. The molecule has 5 rings (SSSR count). The van der Waals surface area contributed by atoms with E-state index < -0.39 is 18.5 Å². The number of nitrogens with one attached hydrogen (secondary N) is 2. The minimum Gasteiger partial charge on any atom is -1.00 e. The molecular weight excluding hydrogens is 1090 g/mol. The van der Waals surface area contributed by atoms with E-state index in [0.29, 0.717) is 23.5 Å². The Balaban J connectivity index is -0.000000926. The average molecular weight is 1170 g/mol. The molecule has 0 unspecified atom stereocenters. The fourth-order valence-electron chi connectivity index (χ4n) is 6.37. The Bertz CT molecular complexity index is 2150. The highest BCUT2D eigenvalue weighted by Crippen LogP contribution is 2.35. The van der Waals surface area contributed by atoms with Crippen LogP contribution < -0.4 is 41.2 Å². The molecule has 1 aliphatic heterocycles. The van der Waals surface area contributed by atoms with Crippen LogP contribution in [-0.2, 0) is 9.47 Å². The molecule has 75 heavy (non-hydrogen) atoms. The van der Waals surface area contributed by atoms with Gasteiger partial charge in [-0.3, -0.25) is 9.59 Å². The van der Waals surface area contributed by atoms with Crippen LogP contribution >= 0.6 is 58.0 Å². The van der Waals surface area contributed by atoms with Crippen molar-refractivity contribution in [1.82, 2.24) is 0 Å². The summed E-state index contributed by atoms with van der Waals surface area (Å²) in [6.07, 6.45) is 6.72. The summed E-state index contributed by atoms with van der Waals surface area (Å²) >= 11 is 28.8. The third-order valence-electron chi connectivity index (χ3n) is 11.1. The molecule has 1 aliphatic rings. The lowest BCUT2D eigenvalue weighted by Crippen LogP contribution is -3.11. The number of hydrogen-bond acceptors (Lipinski definition) is 10. The summed E-state index contributed by atoms with van der Waals surface area (Å²) in [5.74, 6) is -0.649. The SMILES string of the molecule is C1CCOC1.CCCCOc1ccc(C(=O)CCl)cc1.CCCCOc1ccc(C(=O)COC(=O)c2c(Cl)ccc(Cl)c2OC)cc1.CC[NH+](CC)CC.CC[NH+](CC)CC.COc1c(Cl)ccc(Cl)c1C(=O)O.[2HH].[Cl-]. The monoisotopic (exact) mass is 1170 g/mol. The molecule has 0 atom stereocenters. The first-order valence-electron chi connectivity index (χ1n) is 25.3. The highest BCUT2D eigenvalue weighted by Gasteiger charge is 2.22. The van der Waals surface area contributed by atoms with Gasteiger partial charge in [-0.1, -0.05) is 73.1 Å². The van der Waals surface area contributed by atoms with E-state index in [9.17, 15) is 19.2 Å². The maximum Gasteiger partial charge on any atom is 0.343 e. The van der Waals surface area contributed by atoms with Gasteiger partial charge in [-0.05, 0) is 140 Å². The van der Waals surface area contributed by atoms with Crippen LogP contribution in [-0.4, -0.2) is 121 Å². The number of ketones is 2. The van der Waals surface area contributed by atoms with Crippen molar-refractivity contribution in [2.75, 3.05) is 92.4 Å². The Morgan fingerprint density at radius 1 is 0.560 bits per heavy atom. The summed E-state index contributed by atoms with van der Waals surface area (Å²) in [5, 5.41) is 9.46. The zero-order chi connectivity index (χ0) is 55.8. The molecule has 0 saturated carbocycles. The largest absolute Gasteiger partial charge is 1.00 e. The number of halogens is 6. The highest BCUT2D eigenvalue weighted by atomic mass is 35.5. The van der Waals surface area contributed by atoms with Crippen molar-refractivity contribution < 1.29 is 76.3 Å². The molecule has 4 aromatic rings. The number of carbonyl (C=O) groups is 4. The van der Waals surface area contributed by atoms with E-state index in [2.05, 4.69) is 55.4 Å². The maximum atomic E-state index is 12.3. The van der Waals surface area contributed by atoms with Crippen LogP contribution in [0.4, 0.5) is 0 Å². The zero-order valence-electron chi connectivity index (χ0n) is 45.5. The third-order valence-corrected chi connectivity index (χ3v) is 12.6. The lowest BCUT2D eigenvalue weighted by molar-refractivity contribution is -0.894. The van der Waals surface area contributed by atoms with E-state index in [0.717, 1.165) is 51.3 Å². The zero-order valence-corrected chi connectivity index (χ0v) is 50.0. The molecular formula is C56H83Cl6N2O11+. The van der Waals surface area contributed by atoms with Crippen LogP contribution in [0.3, 0.4) is 0 Å². The third kappa shape index (κ3) is 29.9. The molecule has 3 N–H and O–H groups in total. The number of ether oxygens (including phenoxy) is 6. The first-order chi connectivity index (χ1) is 35.5. The fourth-order valence-corrected chi connectivity index (χ4v) is 7.45. The van der Waals surface area contributed by atoms with Crippen molar-refractivity contribution >= 4 is 81.5 Å². The topological polar surface area (TPSA) is 153 Å². The van der Waals surface area contributed by atoms with Gasteiger partial charge < -0.3 is 55.7 Å². The number of carbonyl (C=O) groups excluding carboxylic acids is 3. The molecule has 1 heterocycles. The summed E-state index contributed by atoms with van der Waals surface area (Å²) in [5.41, 5.74) is 0.915. The Kier molecular flexibility index (Phi) is 43.9. The van der Waals surface area contributed by atoms with Gasteiger partial charge in [-0.2, -0.15) is 0 Å². The molecule has 13 nitrogen and oxygen atoms in total. The Morgan fingerprint density at radius 2 is 0.920 bits per heavy atom. The van der Waals surface area contributed by atoms with E-state index >= 15 is 0 Å². The van der Waals surface area contributed by atoms with Gasteiger partial charge in [0.25, 0.3) is 0 Å². The summed E-state index contributed by atoms with van der Waals surface area (Å²) in [4.78, 5) is 49.9. The first-order valence-corrected chi connectivity index (χ1v) is 27.3. The predicted molar refractivity (Wildman–Crippen MR) is 304 cm³/mol. The van der Waals surface area contributed by atoms with Gasteiger partial charge >= 0.3 is 11.9 Å². The standard InChI is InChI=1S/C20H20Cl2O5.C12H15ClO2.C8H6Cl2O3.2C6H15N.C4H8O.ClH.H2/c1-3-4-11-26-14-7-5-13(6-8-14)17(23)12-27-20(24)18-15(21)9-10-16(22)19(18)25-2;1-2-3-8-15-11-6-4-10(5-7-11)12(14)9-13;1-13-7-5(10)3-2-4(9)6(7)8(11)12;2*1-4-7(5-2)6-3;1-2-4-5-3-1;;/h5-10H,3-4,11-12H2,1-2H3;4-7H,2-3,8-9H2,1H3;2-3H,1H3,(H,11,12);2*4-6H2,1-3H3;1-4H2;2*1H/p+1/i;;;;;;;1+1. The lowest BCUT2D eigenvalue weighted by atomic mass is 10.1. The second kappa shape index (κ2) is 45.0. The second-order valence-corrected chi connectivity index (χ2v) is 18.0. The van der Waals surface area contributed by atoms with Gasteiger partial charge in [0.1, 0.15) is 22.6 Å². The number of hydrogen-bond donors (Lipinski definition) is 3. The van der Waals surface area contributed by atoms with E-state index in [1.807, 2.05) is 0 Å². The second-order valence-electron chi connectivity index (χ2n) is 16.1. The van der Waals surface area contributed by atoms with E-state index in [1.54, 1.807) is 58.3 Å². The van der Waals surface area contributed by atoms with Crippen molar-refractivity contribution in [3.63, 3.8) is 0 Å². The van der Waals surface area contributed by atoms with Crippen molar-refractivity contribution in [2.45, 2.75) is 93.9 Å². The summed E-state index contributed by atoms with van der Waals surface area (Å²) in [7, 11) is 2.70. The molecule has 0 spiro atoms. The number of esters is 1. The summed E-state index contributed by atoms with van der Waals surface area (Å²) < 4.78 is 31.0. The molecule has 1 fully saturated rings. The molecule has 0 aromatic heterocycles. The smallest absolute Gasteiger partial charge is 0.343 e. The molecule has 19 heteroatoms. The number of quaternary nitrogens is 2. The quantitative estimate of drug-likeness (QED) is 0.0282. The molecule has 424 valence electrons. The molecule has 0 radical (unpaired) electrons. The normalized spacial score (nSPS) is 10.9. The number of carboxylic acids is 1. The van der Waals surface area contributed by atoms with Crippen molar-refractivity contribution in [2.24, 2.45) is 0 Å². The van der Waals surface area contributed by atoms with Crippen LogP contribution in [0.5, 0.6) is 23.0 Å². The minimum absolute atomic E-state index is 0. The van der Waals surface area contributed by atoms with Crippen molar-refractivity contribution in [1.29, 1.82) is 0 Å². The number of rotatable bonds is 23. The molecule has 1 saturated heterocycles. The van der Waals surface area contributed by atoms with E-state index in [-0.39, 0.29) is 74.0 Å². The Morgan fingerprint density at radius 3 is 1.21 bits per heavy atom. The average Bonchev–Trinajstić information content (AvgIpc) is 4.02. The van der Waals surface area contributed by atoms with Gasteiger partial charge in [0, 0.05) is 25.8 Å². The maximum absolute atomic E-state index is 12.3. The first kappa shape index (κ1) is 73.1. The van der Waals surface area contributed by atoms with Crippen molar-refractivity contribution in [3.05, 3.63) is 115 Å². The van der Waals surface area contributed by atoms with Crippen LogP contribution in [0.2, 0.25) is 20.1 Å². The van der Waals surface area contributed by atoms with E-state index in [4.69, 9.17) is 91.5 Å². The highest BCUT2D eigenvalue weighted by molar-refractivity contribution is 6.37. The predicted octanol–water partition coefficient (Wildman–Crippen LogP) is 9.12. The summed E-state index contributed by atoms with van der Waals surface area (Å²) in [6.45, 7) is 28.1. The molecule has 0 bridgehead atoms. The van der Waals surface area contributed by atoms with Crippen LogP contribution in [0.15, 0.2) is 72.8 Å². The van der Waals surface area contributed by atoms with Crippen molar-refractivity contribution in [3.8, 4) is 23.0 Å². The van der Waals surface area contributed by atoms with Gasteiger partial charge in [-0.15, -0.1) is 11.6 Å². The van der Waals surface area contributed by atoms with Crippen LogP contribution in [0.1, 0.15) is 137 Å².